The van der Waals surface area contributed by atoms with Gasteiger partial charge in [-0.15, -0.1) is 0 Å². The highest BCUT2D eigenvalue weighted by Crippen LogP contribution is 2.16. The Morgan fingerprint density at radius 2 is 2.12 bits per heavy atom. The molecule has 1 saturated heterocycles. The van der Waals surface area contributed by atoms with Gasteiger partial charge in [-0.25, -0.2) is 0 Å². The van der Waals surface area contributed by atoms with E-state index >= 15 is 0 Å². The van der Waals surface area contributed by atoms with Crippen LogP contribution in [0.3, 0.4) is 0 Å². The SMILES string of the molecule is CCCCCCC(C)NCCCC1CCCO1. The molecular formula is C15H31NO. The van der Waals surface area contributed by atoms with Gasteiger partial charge in [0.1, 0.15) is 0 Å². The smallest absolute Gasteiger partial charge is 0.0576 e. The molecule has 0 saturated carbocycles. The number of nitrogens with one attached hydrogen (secondary N) is 1. The minimum Gasteiger partial charge on any atom is -0.378 e. The summed E-state index contributed by atoms with van der Waals surface area (Å²) in [7, 11) is 0. The predicted octanol–water partition coefficient (Wildman–Crippen LogP) is 3.89. The molecule has 0 aromatic rings. The normalized spacial score (nSPS) is 21.9. The highest BCUT2D eigenvalue weighted by molar-refractivity contribution is 4.66. The number of ether oxygens (including phenoxy) is 1. The van der Waals surface area contributed by atoms with Gasteiger partial charge in [-0.05, 0) is 45.6 Å². The van der Waals surface area contributed by atoms with Gasteiger partial charge in [0.15, 0.2) is 0 Å². The summed E-state index contributed by atoms with van der Waals surface area (Å²) in [6.45, 7) is 6.74. The van der Waals surface area contributed by atoms with E-state index in [4.69, 9.17) is 4.74 Å². The molecule has 1 heterocycles. The Balaban J connectivity index is 1.84. The Morgan fingerprint density at radius 3 is 2.82 bits per heavy atom. The third kappa shape index (κ3) is 7.77. The molecule has 0 bridgehead atoms. The minimum absolute atomic E-state index is 0.566. The van der Waals surface area contributed by atoms with Gasteiger partial charge < -0.3 is 10.1 Å². The maximum absolute atomic E-state index is 5.62. The summed E-state index contributed by atoms with van der Waals surface area (Å²) in [5, 5.41) is 3.63. The number of hydrogen-bond acceptors (Lipinski definition) is 2. The van der Waals surface area contributed by atoms with E-state index in [0.717, 1.165) is 13.2 Å². The Hall–Kier alpha value is -0.0800. The molecule has 0 aromatic heterocycles. The average molecular weight is 241 g/mol. The van der Waals surface area contributed by atoms with Crippen molar-refractivity contribution in [2.24, 2.45) is 0 Å². The Morgan fingerprint density at radius 1 is 1.24 bits per heavy atom. The molecule has 2 atom stereocenters. The van der Waals surface area contributed by atoms with Crippen LogP contribution in [0.5, 0.6) is 0 Å². The molecule has 1 rings (SSSR count). The van der Waals surface area contributed by atoms with Gasteiger partial charge in [-0.1, -0.05) is 32.6 Å². The van der Waals surface area contributed by atoms with Crippen LogP contribution in [0.25, 0.3) is 0 Å². The van der Waals surface area contributed by atoms with Crippen LogP contribution in [0.4, 0.5) is 0 Å². The first kappa shape index (κ1) is 15.0. The lowest BCUT2D eigenvalue weighted by Crippen LogP contribution is -2.27. The van der Waals surface area contributed by atoms with E-state index < -0.39 is 0 Å². The van der Waals surface area contributed by atoms with E-state index in [1.807, 2.05) is 0 Å². The number of rotatable bonds is 10. The predicted molar refractivity (Wildman–Crippen MR) is 74.4 cm³/mol. The molecule has 0 aromatic carbocycles. The van der Waals surface area contributed by atoms with E-state index in [-0.39, 0.29) is 0 Å². The topological polar surface area (TPSA) is 21.3 Å². The summed E-state index contributed by atoms with van der Waals surface area (Å²) in [5.41, 5.74) is 0. The fraction of sp³-hybridized carbons (Fsp3) is 1.00. The van der Waals surface area contributed by atoms with E-state index in [1.165, 1.54) is 57.8 Å². The molecule has 1 aliphatic heterocycles. The van der Waals surface area contributed by atoms with Crippen molar-refractivity contribution in [1.29, 1.82) is 0 Å². The molecule has 2 heteroatoms. The molecule has 1 fully saturated rings. The molecular weight excluding hydrogens is 210 g/mol. The van der Waals surface area contributed by atoms with Crippen molar-refractivity contribution in [1.82, 2.24) is 5.32 Å². The third-order valence-corrected chi connectivity index (χ3v) is 3.71. The average Bonchev–Trinajstić information content (AvgIpc) is 2.83. The van der Waals surface area contributed by atoms with Crippen molar-refractivity contribution in [3.05, 3.63) is 0 Å². The zero-order chi connectivity index (χ0) is 12.3. The first-order chi connectivity index (χ1) is 8.33. The molecule has 17 heavy (non-hydrogen) atoms. The Kier molecular flexibility index (Phi) is 8.72. The zero-order valence-electron chi connectivity index (χ0n) is 11.8. The van der Waals surface area contributed by atoms with Gasteiger partial charge in [0, 0.05) is 12.6 Å². The second-order valence-electron chi connectivity index (χ2n) is 5.48. The van der Waals surface area contributed by atoms with Gasteiger partial charge >= 0.3 is 0 Å². The van der Waals surface area contributed by atoms with Crippen molar-refractivity contribution in [3.63, 3.8) is 0 Å². The van der Waals surface area contributed by atoms with Crippen LogP contribution in [0, 0.1) is 0 Å². The molecule has 0 spiro atoms. The Bertz CT molecular complexity index is 166. The van der Waals surface area contributed by atoms with Crippen molar-refractivity contribution >= 4 is 0 Å². The van der Waals surface area contributed by atoms with Crippen LogP contribution in [-0.4, -0.2) is 25.3 Å². The quantitative estimate of drug-likeness (QED) is 0.586. The molecule has 1 aliphatic rings. The molecule has 1 N–H and O–H groups in total. The van der Waals surface area contributed by atoms with Crippen molar-refractivity contribution < 1.29 is 4.74 Å². The first-order valence-corrected chi connectivity index (χ1v) is 7.68. The second-order valence-corrected chi connectivity index (χ2v) is 5.48. The van der Waals surface area contributed by atoms with Crippen LogP contribution >= 0.6 is 0 Å². The monoisotopic (exact) mass is 241 g/mol. The summed E-state index contributed by atoms with van der Waals surface area (Å²) in [6.07, 6.45) is 12.5. The van der Waals surface area contributed by atoms with Crippen molar-refractivity contribution in [3.8, 4) is 0 Å². The molecule has 0 radical (unpaired) electrons. The van der Waals surface area contributed by atoms with Crippen LogP contribution in [0.2, 0.25) is 0 Å². The van der Waals surface area contributed by atoms with E-state index in [9.17, 15) is 0 Å². The minimum atomic E-state index is 0.566. The van der Waals surface area contributed by atoms with Gasteiger partial charge in [-0.2, -0.15) is 0 Å². The lowest BCUT2D eigenvalue weighted by molar-refractivity contribution is 0.102. The van der Waals surface area contributed by atoms with Crippen molar-refractivity contribution in [2.75, 3.05) is 13.2 Å². The highest BCUT2D eigenvalue weighted by atomic mass is 16.5. The third-order valence-electron chi connectivity index (χ3n) is 3.71. The standard InChI is InChI=1S/C15H31NO/c1-3-4-5-6-9-14(2)16-12-7-10-15-11-8-13-17-15/h14-16H,3-13H2,1-2H3. The van der Waals surface area contributed by atoms with Crippen LogP contribution in [0.1, 0.15) is 71.6 Å². The summed E-state index contributed by atoms with van der Waals surface area (Å²) >= 11 is 0. The molecule has 2 nitrogen and oxygen atoms in total. The summed E-state index contributed by atoms with van der Waals surface area (Å²) < 4.78 is 5.62. The molecule has 102 valence electrons. The fourth-order valence-electron chi connectivity index (χ4n) is 2.53. The van der Waals surface area contributed by atoms with Crippen molar-refractivity contribution in [2.45, 2.75) is 83.8 Å². The second kappa shape index (κ2) is 9.90. The summed E-state index contributed by atoms with van der Waals surface area (Å²) in [4.78, 5) is 0. The van der Waals surface area contributed by atoms with Crippen LogP contribution < -0.4 is 5.32 Å². The number of hydrogen-bond donors (Lipinski definition) is 1. The van der Waals surface area contributed by atoms with Gasteiger partial charge in [0.05, 0.1) is 6.10 Å². The van der Waals surface area contributed by atoms with E-state index in [2.05, 4.69) is 19.2 Å². The molecule has 2 unspecified atom stereocenters. The summed E-state index contributed by atoms with van der Waals surface area (Å²) in [6, 6.07) is 0.691. The fourth-order valence-corrected chi connectivity index (χ4v) is 2.53. The summed E-state index contributed by atoms with van der Waals surface area (Å²) in [5.74, 6) is 0. The highest BCUT2D eigenvalue weighted by Gasteiger charge is 2.14. The molecule has 0 aliphatic carbocycles. The van der Waals surface area contributed by atoms with Crippen LogP contribution in [0.15, 0.2) is 0 Å². The maximum Gasteiger partial charge on any atom is 0.0576 e. The lowest BCUT2D eigenvalue weighted by atomic mass is 10.1. The lowest BCUT2D eigenvalue weighted by Gasteiger charge is -2.14. The Labute approximate surface area is 108 Å². The largest absolute Gasteiger partial charge is 0.378 e. The maximum atomic E-state index is 5.62. The van der Waals surface area contributed by atoms with Gasteiger partial charge in [0.2, 0.25) is 0 Å². The molecule has 0 amide bonds. The van der Waals surface area contributed by atoms with Crippen LogP contribution in [-0.2, 0) is 4.74 Å². The number of unbranched alkanes of at least 4 members (excludes halogenated alkanes) is 3. The van der Waals surface area contributed by atoms with Gasteiger partial charge in [-0.3, -0.25) is 0 Å². The van der Waals surface area contributed by atoms with E-state index in [0.29, 0.717) is 12.1 Å². The first-order valence-electron chi connectivity index (χ1n) is 7.68. The zero-order valence-corrected chi connectivity index (χ0v) is 11.8. The van der Waals surface area contributed by atoms with E-state index in [1.54, 1.807) is 0 Å². The van der Waals surface area contributed by atoms with Gasteiger partial charge in [0.25, 0.3) is 0 Å².